The summed E-state index contributed by atoms with van der Waals surface area (Å²) in [6, 6.07) is 5.69. The predicted molar refractivity (Wildman–Crippen MR) is 109 cm³/mol. The summed E-state index contributed by atoms with van der Waals surface area (Å²) in [4.78, 5) is 25.0. The normalized spacial score (nSPS) is 14.9. The van der Waals surface area contributed by atoms with Crippen molar-refractivity contribution < 1.29 is 27.6 Å². The molecule has 11 heteroatoms. The van der Waals surface area contributed by atoms with E-state index in [1.54, 1.807) is 11.8 Å². The lowest BCUT2D eigenvalue weighted by Gasteiger charge is -2.22. The molecule has 2 aromatic rings. The van der Waals surface area contributed by atoms with E-state index in [9.17, 15) is 28.1 Å². The number of hydrogen-bond donors (Lipinski definition) is 1. The van der Waals surface area contributed by atoms with Gasteiger partial charge in [0.2, 0.25) is 5.91 Å². The summed E-state index contributed by atoms with van der Waals surface area (Å²) >= 11 is 5.91. The Kier molecular flexibility index (Phi) is 6.59. The van der Waals surface area contributed by atoms with Gasteiger partial charge in [0.25, 0.3) is 5.69 Å². The van der Waals surface area contributed by atoms with Gasteiger partial charge in [0.15, 0.2) is 0 Å². The molecule has 1 aliphatic rings. The first-order valence-electron chi connectivity index (χ1n) is 9.44. The molecular formula is C20H19ClF3N3O4. The highest BCUT2D eigenvalue weighted by Gasteiger charge is 2.31. The molecule has 1 amide bonds. The van der Waals surface area contributed by atoms with Crippen LogP contribution in [0.5, 0.6) is 11.5 Å². The van der Waals surface area contributed by atoms with E-state index in [4.69, 9.17) is 16.3 Å². The predicted octanol–water partition coefficient (Wildman–Crippen LogP) is 5.48. The Bertz CT molecular complexity index is 994. The number of rotatable bonds is 6. The van der Waals surface area contributed by atoms with Gasteiger partial charge in [-0.3, -0.25) is 14.9 Å². The summed E-state index contributed by atoms with van der Waals surface area (Å²) in [6.07, 6.45) is -2.73. The molecule has 1 aliphatic heterocycles. The maximum absolute atomic E-state index is 12.8. The van der Waals surface area contributed by atoms with Crippen LogP contribution < -0.4 is 10.1 Å². The number of nitro groups is 1. The zero-order valence-corrected chi connectivity index (χ0v) is 17.2. The fraction of sp³-hybridized carbons (Fsp3) is 0.350. The molecule has 0 bridgehead atoms. The number of hydrogen-bond acceptors (Lipinski definition) is 5. The molecule has 31 heavy (non-hydrogen) atoms. The number of benzene rings is 2. The first-order chi connectivity index (χ1) is 14.6. The van der Waals surface area contributed by atoms with E-state index in [1.807, 2.05) is 0 Å². The Morgan fingerprint density at radius 2 is 1.90 bits per heavy atom. The highest BCUT2D eigenvalue weighted by atomic mass is 35.5. The second-order valence-electron chi connectivity index (χ2n) is 7.08. The molecule has 7 nitrogen and oxygen atoms in total. The summed E-state index contributed by atoms with van der Waals surface area (Å²) < 4.78 is 43.9. The second kappa shape index (κ2) is 9.01. The van der Waals surface area contributed by atoms with Gasteiger partial charge in [0, 0.05) is 25.2 Å². The molecule has 1 N–H and O–H groups in total. The van der Waals surface area contributed by atoms with E-state index in [-0.39, 0.29) is 33.8 Å². The SMILES string of the molecule is CC(Nc1cc(Oc2ccc(C(F)(F)F)cc2Cl)ccc1[N+](=O)[O-])C(=O)N1CCCC1. The molecule has 0 spiro atoms. The van der Waals surface area contributed by atoms with Crippen molar-refractivity contribution >= 4 is 28.9 Å². The smallest absolute Gasteiger partial charge is 0.416 e. The molecule has 0 saturated carbocycles. The minimum absolute atomic E-state index is 0.0457. The van der Waals surface area contributed by atoms with Gasteiger partial charge in [-0.1, -0.05) is 11.6 Å². The first-order valence-corrected chi connectivity index (χ1v) is 9.82. The van der Waals surface area contributed by atoms with Gasteiger partial charge in [-0.05, 0) is 44.0 Å². The lowest BCUT2D eigenvalue weighted by molar-refractivity contribution is -0.384. The lowest BCUT2D eigenvalue weighted by atomic mass is 10.2. The number of anilines is 1. The highest BCUT2D eigenvalue weighted by Crippen LogP contribution is 2.38. The average Bonchev–Trinajstić information content (AvgIpc) is 3.22. The first kappa shape index (κ1) is 22.7. The van der Waals surface area contributed by atoms with Crippen LogP contribution >= 0.6 is 11.6 Å². The van der Waals surface area contributed by atoms with Gasteiger partial charge >= 0.3 is 6.18 Å². The van der Waals surface area contributed by atoms with Gasteiger partial charge < -0.3 is 15.0 Å². The summed E-state index contributed by atoms with van der Waals surface area (Å²) in [6.45, 7) is 2.88. The third-order valence-corrected chi connectivity index (χ3v) is 5.11. The fourth-order valence-electron chi connectivity index (χ4n) is 3.25. The maximum Gasteiger partial charge on any atom is 0.416 e. The van der Waals surface area contributed by atoms with Gasteiger partial charge in [-0.15, -0.1) is 0 Å². The van der Waals surface area contributed by atoms with Crippen molar-refractivity contribution in [2.24, 2.45) is 0 Å². The van der Waals surface area contributed by atoms with Crippen molar-refractivity contribution in [3.63, 3.8) is 0 Å². The number of carbonyl (C=O) groups is 1. The molecule has 3 rings (SSSR count). The number of amides is 1. The number of nitrogens with one attached hydrogen (secondary N) is 1. The highest BCUT2D eigenvalue weighted by molar-refractivity contribution is 6.32. The van der Waals surface area contributed by atoms with Crippen molar-refractivity contribution in [1.29, 1.82) is 0 Å². The Balaban J connectivity index is 1.83. The van der Waals surface area contributed by atoms with E-state index in [1.165, 1.54) is 18.2 Å². The molecule has 1 fully saturated rings. The molecule has 0 aromatic heterocycles. The minimum Gasteiger partial charge on any atom is -0.456 e. The van der Waals surface area contributed by atoms with Gasteiger partial charge in [0.05, 0.1) is 15.5 Å². The van der Waals surface area contributed by atoms with Gasteiger partial charge in [-0.2, -0.15) is 13.2 Å². The Hall–Kier alpha value is -3.01. The molecule has 1 saturated heterocycles. The van der Waals surface area contributed by atoms with Crippen molar-refractivity contribution in [3.05, 3.63) is 57.1 Å². The van der Waals surface area contributed by atoms with Crippen LogP contribution in [-0.4, -0.2) is 34.9 Å². The van der Waals surface area contributed by atoms with Crippen LogP contribution in [0.4, 0.5) is 24.5 Å². The van der Waals surface area contributed by atoms with E-state index in [0.717, 1.165) is 31.0 Å². The van der Waals surface area contributed by atoms with Crippen LogP contribution in [0.3, 0.4) is 0 Å². The lowest BCUT2D eigenvalue weighted by Crippen LogP contribution is -2.39. The molecular weight excluding hydrogens is 439 g/mol. The molecule has 1 atom stereocenters. The number of alkyl halides is 3. The van der Waals surface area contributed by atoms with E-state index in [0.29, 0.717) is 13.1 Å². The number of halogens is 4. The third-order valence-electron chi connectivity index (χ3n) is 4.81. The van der Waals surface area contributed by atoms with Crippen LogP contribution in [0.15, 0.2) is 36.4 Å². The Morgan fingerprint density at radius 1 is 1.23 bits per heavy atom. The quantitative estimate of drug-likeness (QED) is 0.458. The van der Waals surface area contributed by atoms with Crippen LogP contribution in [0.25, 0.3) is 0 Å². The zero-order valence-electron chi connectivity index (χ0n) is 16.4. The molecule has 0 radical (unpaired) electrons. The van der Waals surface area contributed by atoms with E-state index < -0.39 is 22.7 Å². The maximum atomic E-state index is 12.8. The van der Waals surface area contributed by atoms with Crippen LogP contribution in [0.2, 0.25) is 5.02 Å². The summed E-state index contributed by atoms with van der Waals surface area (Å²) in [5.41, 5.74) is -1.15. The second-order valence-corrected chi connectivity index (χ2v) is 7.49. The van der Waals surface area contributed by atoms with Crippen molar-refractivity contribution in [1.82, 2.24) is 4.90 Å². The monoisotopic (exact) mass is 457 g/mol. The van der Waals surface area contributed by atoms with E-state index in [2.05, 4.69) is 5.32 Å². The van der Waals surface area contributed by atoms with Crippen LogP contribution in [0, 0.1) is 10.1 Å². The van der Waals surface area contributed by atoms with Crippen molar-refractivity contribution in [2.45, 2.75) is 32.0 Å². The zero-order chi connectivity index (χ0) is 22.8. The summed E-state index contributed by atoms with van der Waals surface area (Å²) in [5.74, 6) is -0.116. The number of likely N-dealkylation sites (tertiary alicyclic amines) is 1. The van der Waals surface area contributed by atoms with E-state index >= 15 is 0 Å². The van der Waals surface area contributed by atoms with Crippen molar-refractivity contribution in [2.75, 3.05) is 18.4 Å². The van der Waals surface area contributed by atoms with Crippen molar-refractivity contribution in [3.8, 4) is 11.5 Å². The number of nitrogens with zero attached hydrogens (tertiary/aromatic N) is 2. The number of ether oxygens (including phenoxy) is 1. The number of carbonyl (C=O) groups excluding carboxylic acids is 1. The number of nitro benzene ring substituents is 1. The largest absolute Gasteiger partial charge is 0.456 e. The standard InChI is InChI=1S/C20H19ClF3N3O4/c1-12(19(28)26-8-2-3-9-26)25-16-11-14(5-6-17(16)27(29)30)31-18-7-4-13(10-15(18)21)20(22,23)24/h4-7,10-12,25H,2-3,8-9H2,1H3. The Labute approximate surface area is 180 Å². The van der Waals surface area contributed by atoms with Gasteiger partial charge in [-0.25, -0.2) is 0 Å². The molecule has 0 aliphatic carbocycles. The molecule has 166 valence electrons. The fourth-order valence-corrected chi connectivity index (χ4v) is 3.47. The summed E-state index contributed by atoms with van der Waals surface area (Å²) in [7, 11) is 0. The van der Waals surface area contributed by atoms with Crippen LogP contribution in [-0.2, 0) is 11.0 Å². The minimum atomic E-state index is -4.55. The average molecular weight is 458 g/mol. The topological polar surface area (TPSA) is 84.7 Å². The summed E-state index contributed by atoms with van der Waals surface area (Å²) in [5, 5.41) is 14.0. The van der Waals surface area contributed by atoms with Crippen LogP contribution in [0.1, 0.15) is 25.3 Å². The Morgan fingerprint density at radius 3 is 2.48 bits per heavy atom. The molecule has 2 aromatic carbocycles. The molecule has 1 heterocycles. The molecule has 1 unspecified atom stereocenters. The third kappa shape index (κ3) is 5.38. The van der Waals surface area contributed by atoms with Gasteiger partial charge in [0.1, 0.15) is 23.2 Å².